The largest absolute Gasteiger partial charge is 0.330 e. The maximum atomic E-state index is 5.03. The fourth-order valence-electron chi connectivity index (χ4n) is 0. The minimum Gasteiger partial charge on any atom is -0.330 e. The SMILES string of the molecule is CCC.CCCN.[B]C. The topological polar surface area (TPSA) is 26.0 Å². The summed E-state index contributed by atoms with van der Waals surface area (Å²) in [6.45, 7) is 8.62. The maximum Gasteiger partial charge on any atom is 0.0606 e. The second kappa shape index (κ2) is 43.3. The summed E-state index contributed by atoms with van der Waals surface area (Å²) in [5.41, 5.74) is 5.03. The molecular weight excluding hydrogens is 109 g/mol. The minimum atomic E-state index is 0.819. The van der Waals surface area contributed by atoms with Crippen LogP contribution in [0.3, 0.4) is 0 Å². The Morgan fingerprint density at radius 2 is 1.22 bits per heavy atom. The molecule has 9 heavy (non-hydrogen) atoms. The molecule has 0 fully saturated rings. The molecule has 2 radical (unpaired) electrons. The first-order valence-electron chi connectivity index (χ1n) is 3.61. The van der Waals surface area contributed by atoms with Crippen LogP contribution in [-0.4, -0.2) is 14.4 Å². The van der Waals surface area contributed by atoms with Gasteiger partial charge in [0.1, 0.15) is 0 Å². The van der Waals surface area contributed by atoms with E-state index in [2.05, 4.69) is 28.6 Å². The van der Waals surface area contributed by atoms with Crippen LogP contribution in [0.2, 0.25) is 6.82 Å². The van der Waals surface area contributed by atoms with Crippen molar-refractivity contribution in [3.8, 4) is 0 Å². The Bertz CT molecular complexity index is 16.4. The van der Waals surface area contributed by atoms with Crippen LogP contribution < -0.4 is 5.73 Å². The quantitative estimate of drug-likeness (QED) is 0.538. The van der Waals surface area contributed by atoms with E-state index in [4.69, 9.17) is 5.73 Å². The highest BCUT2D eigenvalue weighted by atomic mass is 14.5. The highest BCUT2D eigenvalue weighted by molar-refractivity contribution is 6.05. The van der Waals surface area contributed by atoms with Crippen LogP contribution in [0.15, 0.2) is 0 Å². The van der Waals surface area contributed by atoms with Gasteiger partial charge in [-0.15, -0.1) is 0 Å². The lowest BCUT2D eigenvalue weighted by Crippen LogP contribution is -1.93. The zero-order chi connectivity index (χ0) is 8.12. The number of nitrogens with two attached hydrogens (primary N) is 1. The molecule has 1 nitrogen and oxygen atoms in total. The molecule has 0 rings (SSSR count). The van der Waals surface area contributed by atoms with Gasteiger partial charge in [-0.05, 0) is 13.0 Å². The molecule has 0 aliphatic rings. The normalized spacial score (nSPS) is 5.89. The minimum absolute atomic E-state index is 0.819. The van der Waals surface area contributed by atoms with Crippen molar-refractivity contribution < 1.29 is 0 Å². The monoisotopic (exact) mass is 129 g/mol. The molecule has 0 atom stereocenters. The molecule has 0 saturated carbocycles. The van der Waals surface area contributed by atoms with Gasteiger partial charge in [-0.3, -0.25) is 0 Å². The van der Waals surface area contributed by atoms with E-state index in [0.29, 0.717) is 0 Å². The molecule has 0 aromatic carbocycles. The van der Waals surface area contributed by atoms with Crippen molar-refractivity contribution in [1.29, 1.82) is 0 Å². The molecule has 0 aromatic rings. The van der Waals surface area contributed by atoms with Crippen molar-refractivity contribution in [2.24, 2.45) is 5.73 Å². The van der Waals surface area contributed by atoms with Gasteiger partial charge >= 0.3 is 0 Å². The van der Waals surface area contributed by atoms with E-state index in [1.165, 1.54) is 13.2 Å². The smallest absolute Gasteiger partial charge is 0.0606 e. The zero-order valence-electron chi connectivity index (χ0n) is 7.28. The van der Waals surface area contributed by atoms with Crippen molar-refractivity contribution in [3.05, 3.63) is 0 Å². The number of hydrogen-bond donors (Lipinski definition) is 1. The van der Waals surface area contributed by atoms with Crippen molar-refractivity contribution in [2.45, 2.75) is 40.4 Å². The van der Waals surface area contributed by atoms with Crippen LogP contribution >= 0.6 is 0 Å². The Kier molecular flexibility index (Phi) is 77.0. The first kappa shape index (κ1) is 16.0. The summed E-state index contributed by atoms with van der Waals surface area (Å²) >= 11 is 0. The third-order valence-corrected chi connectivity index (χ3v) is 0.289. The lowest BCUT2D eigenvalue weighted by atomic mass is 10.2. The Labute approximate surface area is 61.4 Å². The Hall–Kier alpha value is 0.0249. The number of hydrogen-bond acceptors (Lipinski definition) is 1. The van der Waals surface area contributed by atoms with Gasteiger partial charge in [-0.25, -0.2) is 0 Å². The fourth-order valence-corrected chi connectivity index (χ4v) is 0. The molecule has 0 unspecified atom stereocenters. The summed E-state index contributed by atoms with van der Waals surface area (Å²) in [6.07, 6.45) is 2.35. The van der Waals surface area contributed by atoms with Crippen LogP contribution in [0.1, 0.15) is 33.6 Å². The fraction of sp³-hybridized carbons (Fsp3) is 1.00. The lowest BCUT2D eigenvalue weighted by Gasteiger charge is -1.70. The van der Waals surface area contributed by atoms with Gasteiger partial charge in [0.15, 0.2) is 0 Å². The molecule has 0 aliphatic carbocycles. The van der Waals surface area contributed by atoms with E-state index < -0.39 is 0 Å². The summed E-state index contributed by atoms with van der Waals surface area (Å²) in [4.78, 5) is 0. The number of rotatable bonds is 1. The summed E-state index contributed by atoms with van der Waals surface area (Å²) in [5.74, 6) is 0. The van der Waals surface area contributed by atoms with Gasteiger partial charge in [-0.2, -0.15) is 0 Å². The molecule has 0 amide bonds. The van der Waals surface area contributed by atoms with Crippen LogP contribution in [-0.2, 0) is 0 Å². The summed E-state index contributed by atoms with van der Waals surface area (Å²) < 4.78 is 0. The molecule has 2 heteroatoms. The van der Waals surface area contributed by atoms with E-state index in [-0.39, 0.29) is 0 Å². The maximum absolute atomic E-state index is 5.03. The Balaban J connectivity index is -0.0000000646. The second-order valence-electron chi connectivity index (χ2n) is 1.50. The second-order valence-corrected chi connectivity index (χ2v) is 1.50. The highest BCUT2D eigenvalue weighted by Crippen LogP contribution is 1.57. The molecule has 0 heterocycles. The first-order valence-corrected chi connectivity index (χ1v) is 3.61. The predicted molar refractivity (Wildman–Crippen MR) is 46.9 cm³/mol. The van der Waals surface area contributed by atoms with E-state index in [9.17, 15) is 0 Å². The predicted octanol–water partition coefficient (Wildman–Crippen LogP) is 1.97. The van der Waals surface area contributed by atoms with Gasteiger partial charge in [0.05, 0.1) is 7.85 Å². The van der Waals surface area contributed by atoms with Gasteiger partial charge in [0.2, 0.25) is 0 Å². The van der Waals surface area contributed by atoms with E-state index >= 15 is 0 Å². The lowest BCUT2D eigenvalue weighted by molar-refractivity contribution is 0.932. The molecule has 0 aliphatic heterocycles. The van der Waals surface area contributed by atoms with Crippen LogP contribution in [0.5, 0.6) is 0 Å². The summed E-state index contributed by atoms with van der Waals surface area (Å²) in [6, 6.07) is 0. The average Bonchev–Trinajstić information content (AvgIpc) is 1.94. The van der Waals surface area contributed by atoms with Crippen molar-refractivity contribution in [1.82, 2.24) is 0 Å². The molecule has 2 N–H and O–H groups in total. The Morgan fingerprint density at radius 1 is 1.11 bits per heavy atom. The summed E-state index contributed by atoms with van der Waals surface area (Å²) in [5, 5.41) is 0. The van der Waals surface area contributed by atoms with Gasteiger partial charge in [0, 0.05) is 0 Å². The van der Waals surface area contributed by atoms with Crippen molar-refractivity contribution in [2.75, 3.05) is 6.54 Å². The molecule has 56 valence electrons. The van der Waals surface area contributed by atoms with Gasteiger partial charge in [-0.1, -0.05) is 34.0 Å². The highest BCUT2D eigenvalue weighted by Gasteiger charge is 1.55. The molecule has 0 bridgehead atoms. The van der Waals surface area contributed by atoms with Gasteiger partial charge in [0.25, 0.3) is 0 Å². The van der Waals surface area contributed by atoms with Crippen molar-refractivity contribution >= 4 is 7.85 Å². The molecule has 0 aromatic heterocycles. The van der Waals surface area contributed by atoms with Crippen LogP contribution in [0.25, 0.3) is 0 Å². The average molecular weight is 129 g/mol. The van der Waals surface area contributed by atoms with E-state index in [1.807, 2.05) is 0 Å². The van der Waals surface area contributed by atoms with Crippen LogP contribution in [0.4, 0.5) is 0 Å². The third kappa shape index (κ3) is 277. The first-order chi connectivity index (χ1) is 4.33. The van der Waals surface area contributed by atoms with E-state index in [0.717, 1.165) is 13.0 Å². The molecular formula is C7H20BN. The Morgan fingerprint density at radius 3 is 1.22 bits per heavy atom. The zero-order valence-corrected chi connectivity index (χ0v) is 7.28. The van der Waals surface area contributed by atoms with E-state index in [1.54, 1.807) is 0 Å². The van der Waals surface area contributed by atoms with Crippen molar-refractivity contribution in [3.63, 3.8) is 0 Å². The van der Waals surface area contributed by atoms with Gasteiger partial charge < -0.3 is 5.73 Å². The third-order valence-electron chi connectivity index (χ3n) is 0.289. The molecule has 0 spiro atoms. The standard InChI is InChI=1S/C3H9N.C3H8.CH3B/c1-2-3-4;1-3-2;1-2/h2-4H2,1H3;3H2,1-2H3;1H3. The summed E-state index contributed by atoms with van der Waals surface area (Å²) in [7, 11) is 4.50. The molecule has 0 saturated heterocycles. The van der Waals surface area contributed by atoms with Crippen LogP contribution in [0, 0.1) is 0 Å².